The van der Waals surface area contributed by atoms with Crippen molar-refractivity contribution in [2.24, 2.45) is 0 Å². The number of fused-ring (bicyclic) bond motifs is 4. The van der Waals surface area contributed by atoms with Crippen LogP contribution in [-0.4, -0.2) is 27.3 Å². The van der Waals surface area contributed by atoms with Crippen LogP contribution in [-0.2, 0) is 6.42 Å². The maximum absolute atomic E-state index is 13.0. The summed E-state index contributed by atoms with van der Waals surface area (Å²) in [6.07, 6.45) is 1.24. The molecule has 0 N–H and O–H groups in total. The third-order valence-corrected chi connectivity index (χ3v) is 5.50. The number of hydrogen-bond donors (Lipinski definition) is 0. The van der Waals surface area contributed by atoms with Crippen LogP contribution in [0.1, 0.15) is 39.6 Å². The summed E-state index contributed by atoms with van der Waals surface area (Å²) in [5, 5.41) is 0. The number of aryl methyl sites for hydroxylation is 1. The fourth-order valence-corrected chi connectivity index (χ4v) is 4.17. The Bertz CT molecular complexity index is 1190. The molecule has 0 fully saturated rings. The summed E-state index contributed by atoms with van der Waals surface area (Å²) in [5.41, 5.74) is 5.58. The lowest BCUT2D eigenvalue weighted by atomic mass is 9.81. The van der Waals surface area contributed by atoms with Crippen molar-refractivity contribution < 1.29 is 9.53 Å². The molecule has 0 saturated heterocycles. The summed E-state index contributed by atoms with van der Waals surface area (Å²) in [4.78, 5) is 22.5. The van der Waals surface area contributed by atoms with E-state index in [9.17, 15) is 4.79 Å². The minimum atomic E-state index is 0.134. The number of carbonyl (C=O) groups excluding carboxylic acids is 1. The first-order chi connectivity index (χ1) is 13.2. The number of para-hydroxylation sites is 2. The lowest BCUT2D eigenvalue weighted by molar-refractivity contribution is 0.0962. The van der Waals surface area contributed by atoms with E-state index in [0.717, 1.165) is 45.7 Å². The highest BCUT2D eigenvalue weighted by atomic mass is 16.5. The maximum atomic E-state index is 13.0. The van der Waals surface area contributed by atoms with Crippen LogP contribution in [0.5, 0.6) is 5.75 Å². The van der Waals surface area contributed by atoms with Crippen LogP contribution >= 0.6 is 0 Å². The molecular formula is C22H19N3O2. The average Bonchev–Trinajstić information content (AvgIpc) is 3.06. The van der Waals surface area contributed by atoms with E-state index in [4.69, 9.17) is 9.72 Å². The van der Waals surface area contributed by atoms with Crippen molar-refractivity contribution in [3.05, 3.63) is 71.0 Å². The number of ketones is 1. The van der Waals surface area contributed by atoms with Crippen LogP contribution in [0.15, 0.2) is 48.5 Å². The largest absolute Gasteiger partial charge is 0.497 e. The normalized spacial score (nSPS) is 16.7. The minimum Gasteiger partial charge on any atom is -0.497 e. The van der Waals surface area contributed by atoms with Crippen LogP contribution < -0.4 is 4.74 Å². The highest BCUT2D eigenvalue weighted by molar-refractivity contribution is 6.00. The van der Waals surface area contributed by atoms with Gasteiger partial charge in [0.2, 0.25) is 5.78 Å². The standard InChI is InChI=1S/C22H19N3O2/c1-13-21-18(24-22-23-17-5-3-4-6-19(17)25(13)22)11-15(12-20(21)26)14-7-9-16(27-2)10-8-14/h3-10,15H,11-12H2,1-2H3/t15-/m0/s1. The van der Waals surface area contributed by atoms with Crippen molar-refractivity contribution in [1.82, 2.24) is 14.4 Å². The van der Waals surface area contributed by atoms with Gasteiger partial charge in [0.05, 0.1) is 29.4 Å². The van der Waals surface area contributed by atoms with Crippen molar-refractivity contribution >= 4 is 22.6 Å². The van der Waals surface area contributed by atoms with Gasteiger partial charge in [-0.2, -0.15) is 0 Å². The van der Waals surface area contributed by atoms with Crippen LogP contribution in [0.25, 0.3) is 16.8 Å². The van der Waals surface area contributed by atoms with Gasteiger partial charge >= 0.3 is 0 Å². The van der Waals surface area contributed by atoms with Crippen molar-refractivity contribution in [2.75, 3.05) is 7.11 Å². The summed E-state index contributed by atoms with van der Waals surface area (Å²) in [6, 6.07) is 15.9. The van der Waals surface area contributed by atoms with Gasteiger partial charge in [0.25, 0.3) is 0 Å². The predicted octanol–water partition coefficient (Wildman–Crippen LogP) is 4.11. The predicted molar refractivity (Wildman–Crippen MR) is 104 cm³/mol. The van der Waals surface area contributed by atoms with E-state index in [1.807, 2.05) is 59.9 Å². The van der Waals surface area contributed by atoms with Crippen molar-refractivity contribution in [1.29, 1.82) is 0 Å². The van der Waals surface area contributed by atoms with E-state index in [1.54, 1.807) is 7.11 Å². The number of carbonyl (C=O) groups is 1. The topological polar surface area (TPSA) is 56.5 Å². The van der Waals surface area contributed by atoms with Gasteiger partial charge in [-0.05, 0) is 49.1 Å². The molecule has 1 aliphatic rings. The SMILES string of the molecule is COc1ccc([C@@H]2CC(=O)c3c(nc4nc5ccccc5n4c3C)C2)cc1. The number of rotatable bonds is 2. The lowest BCUT2D eigenvalue weighted by Gasteiger charge is -2.25. The quantitative estimate of drug-likeness (QED) is 0.542. The van der Waals surface area contributed by atoms with Crippen molar-refractivity contribution in [2.45, 2.75) is 25.7 Å². The zero-order valence-corrected chi connectivity index (χ0v) is 15.3. The first-order valence-electron chi connectivity index (χ1n) is 9.09. The van der Waals surface area contributed by atoms with E-state index in [-0.39, 0.29) is 11.7 Å². The summed E-state index contributed by atoms with van der Waals surface area (Å²) in [5.74, 6) is 1.77. The van der Waals surface area contributed by atoms with Crippen LogP contribution in [0.3, 0.4) is 0 Å². The minimum absolute atomic E-state index is 0.134. The monoisotopic (exact) mass is 357 g/mol. The van der Waals surface area contributed by atoms with E-state index in [0.29, 0.717) is 12.2 Å². The van der Waals surface area contributed by atoms with Crippen molar-refractivity contribution in [3.63, 3.8) is 0 Å². The van der Waals surface area contributed by atoms with Gasteiger partial charge in [-0.1, -0.05) is 24.3 Å². The lowest BCUT2D eigenvalue weighted by Crippen LogP contribution is -2.23. The molecule has 5 nitrogen and oxygen atoms in total. The number of benzene rings is 2. The smallest absolute Gasteiger partial charge is 0.235 e. The molecule has 2 aromatic heterocycles. The van der Waals surface area contributed by atoms with Gasteiger partial charge in [0.1, 0.15) is 5.75 Å². The number of nitrogens with zero attached hydrogens (tertiary/aromatic N) is 3. The Kier molecular flexibility index (Phi) is 3.50. The van der Waals surface area contributed by atoms with E-state index < -0.39 is 0 Å². The van der Waals surface area contributed by atoms with Gasteiger partial charge in [-0.3, -0.25) is 9.20 Å². The Labute approximate surface area is 156 Å². The molecule has 0 aliphatic heterocycles. The Hall–Kier alpha value is -3.21. The van der Waals surface area contributed by atoms with Crippen LogP contribution in [0, 0.1) is 6.92 Å². The summed E-state index contributed by atoms with van der Waals surface area (Å²) < 4.78 is 7.24. The molecule has 134 valence electrons. The summed E-state index contributed by atoms with van der Waals surface area (Å²) >= 11 is 0. The fraction of sp³-hybridized carbons (Fsp3) is 0.227. The summed E-state index contributed by atoms with van der Waals surface area (Å²) in [7, 11) is 1.65. The molecule has 0 bridgehead atoms. The molecule has 4 aromatic rings. The van der Waals surface area contributed by atoms with E-state index in [1.165, 1.54) is 0 Å². The van der Waals surface area contributed by atoms with Gasteiger partial charge < -0.3 is 4.74 Å². The second-order valence-corrected chi connectivity index (χ2v) is 7.06. The summed E-state index contributed by atoms with van der Waals surface area (Å²) in [6.45, 7) is 1.99. The second kappa shape index (κ2) is 5.91. The number of Topliss-reactive ketones (excluding diaryl/α,β-unsaturated/α-hetero) is 1. The molecule has 27 heavy (non-hydrogen) atoms. The van der Waals surface area contributed by atoms with Gasteiger partial charge in [-0.25, -0.2) is 9.97 Å². The van der Waals surface area contributed by atoms with Gasteiger partial charge in [0, 0.05) is 12.1 Å². The fourth-order valence-electron chi connectivity index (χ4n) is 4.17. The highest BCUT2D eigenvalue weighted by Gasteiger charge is 2.30. The van der Waals surface area contributed by atoms with Crippen LogP contribution in [0.4, 0.5) is 0 Å². The molecular weight excluding hydrogens is 338 g/mol. The number of hydrogen-bond acceptors (Lipinski definition) is 4. The Morgan fingerprint density at radius 1 is 1.04 bits per heavy atom. The molecule has 5 heteroatoms. The molecule has 1 aliphatic carbocycles. The molecule has 0 saturated carbocycles. The molecule has 5 rings (SSSR count). The molecule has 0 amide bonds. The van der Waals surface area contributed by atoms with Crippen LogP contribution in [0.2, 0.25) is 0 Å². The first-order valence-corrected chi connectivity index (χ1v) is 9.09. The zero-order chi connectivity index (χ0) is 18.5. The average molecular weight is 357 g/mol. The maximum Gasteiger partial charge on any atom is 0.235 e. The zero-order valence-electron chi connectivity index (χ0n) is 15.3. The number of aromatic nitrogens is 3. The second-order valence-electron chi connectivity index (χ2n) is 7.06. The Balaban J connectivity index is 1.64. The third-order valence-electron chi connectivity index (χ3n) is 5.50. The molecule has 1 atom stereocenters. The first kappa shape index (κ1) is 16.0. The van der Waals surface area contributed by atoms with Crippen molar-refractivity contribution in [3.8, 4) is 5.75 Å². The molecule has 2 heterocycles. The number of methoxy groups -OCH3 is 1. The molecule has 2 aromatic carbocycles. The Morgan fingerprint density at radius 3 is 2.59 bits per heavy atom. The molecule has 0 unspecified atom stereocenters. The third kappa shape index (κ3) is 2.42. The number of ether oxygens (including phenoxy) is 1. The Morgan fingerprint density at radius 2 is 1.81 bits per heavy atom. The highest BCUT2D eigenvalue weighted by Crippen LogP contribution is 2.35. The van der Waals surface area contributed by atoms with E-state index in [2.05, 4.69) is 4.98 Å². The van der Waals surface area contributed by atoms with E-state index >= 15 is 0 Å². The number of imidazole rings is 1. The van der Waals surface area contributed by atoms with Gasteiger partial charge in [-0.15, -0.1) is 0 Å². The van der Waals surface area contributed by atoms with Gasteiger partial charge in [0.15, 0.2) is 5.78 Å². The molecule has 0 radical (unpaired) electrons. The molecule has 0 spiro atoms.